The van der Waals surface area contributed by atoms with Gasteiger partial charge in [-0.15, -0.1) is 11.3 Å². The zero-order valence-corrected chi connectivity index (χ0v) is 15.5. The zero-order valence-electron chi connectivity index (χ0n) is 13.8. The summed E-state index contributed by atoms with van der Waals surface area (Å²) < 4.78 is 32.2. The van der Waals surface area contributed by atoms with Gasteiger partial charge in [0.25, 0.3) is 5.91 Å². The molecule has 1 aliphatic heterocycles. The van der Waals surface area contributed by atoms with Gasteiger partial charge in [-0.2, -0.15) is 0 Å². The lowest BCUT2D eigenvalue weighted by Crippen LogP contribution is -2.34. The quantitative estimate of drug-likeness (QED) is 0.833. The Balaban J connectivity index is 1.63. The van der Waals surface area contributed by atoms with Gasteiger partial charge in [0.2, 0.25) is 10.0 Å². The van der Waals surface area contributed by atoms with Crippen LogP contribution in [0.15, 0.2) is 35.7 Å². The predicted molar refractivity (Wildman–Crippen MR) is 96.2 cm³/mol. The normalized spacial score (nSPS) is 18.8. The van der Waals surface area contributed by atoms with Crippen LogP contribution in [0.5, 0.6) is 0 Å². The molecule has 0 bridgehead atoms. The number of amides is 1. The number of nitrogens with one attached hydrogen (secondary N) is 1. The molecule has 0 aliphatic carbocycles. The molecule has 0 radical (unpaired) electrons. The molecule has 8 heteroatoms. The number of sulfonamides is 1. The van der Waals surface area contributed by atoms with Gasteiger partial charge in [-0.05, 0) is 24.3 Å². The lowest BCUT2D eigenvalue weighted by molar-refractivity contribution is 0.0973. The number of nitrogens with zero attached hydrogens (tertiary/aromatic N) is 1. The maximum Gasteiger partial charge on any atom is 0.284 e. The number of benzene rings is 1. The zero-order chi connectivity index (χ0) is 17.9. The minimum atomic E-state index is -3.75. The van der Waals surface area contributed by atoms with Crippen LogP contribution in [-0.2, 0) is 14.8 Å². The average Bonchev–Trinajstić information content (AvgIpc) is 3.26. The maximum atomic E-state index is 12.3. The van der Waals surface area contributed by atoms with Crippen molar-refractivity contribution >= 4 is 27.3 Å². The molecule has 2 heterocycles. The number of rotatable bonds is 6. The van der Waals surface area contributed by atoms with Crippen LogP contribution < -0.4 is 4.72 Å². The van der Waals surface area contributed by atoms with Crippen LogP contribution in [0.25, 0.3) is 0 Å². The first-order valence-corrected chi connectivity index (χ1v) is 10.6. The summed E-state index contributed by atoms with van der Waals surface area (Å²) in [5.74, 6) is -1.07. The third-order valence-corrected chi connectivity index (χ3v) is 6.42. The van der Waals surface area contributed by atoms with Gasteiger partial charge in [0.05, 0.1) is 5.75 Å². The molecular formula is C17H20N2O4S2. The largest absolute Gasteiger partial charge is 0.371 e. The van der Waals surface area contributed by atoms with Crippen LogP contribution in [0, 0.1) is 0 Å². The molecule has 0 saturated carbocycles. The van der Waals surface area contributed by atoms with Crippen LogP contribution in [0.3, 0.4) is 0 Å². The number of hydrogen-bond acceptors (Lipinski definition) is 6. The van der Waals surface area contributed by atoms with Gasteiger partial charge in [0, 0.05) is 12.0 Å². The molecule has 1 saturated heterocycles. The summed E-state index contributed by atoms with van der Waals surface area (Å²) in [6, 6.07) is 9.34. The van der Waals surface area contributed by atoms with Gasteiger partial charge in [-0.3, -0.25) is 4.79 Å². The molecule has 25 heavy (non-hydrogen) atoms. The van der Waals surface area contributed by atoms with Crippen LogP contribution in [0.2, 0.25) is 0 Å². The Bertz CT molecular complexity index is 827. The Labute approximate surface area is 151 Å². The molecule has 1 aromatic heterocycles. The fraction of sp³-hybridized carbons (Fsp3) is 0.412. The molecule has 2 unspecified atom stereocenters. The number of carbonyl (C=O) groups excluding carboxylic acids is 1. The molecule has 1 amide bonds. The van der Waals surface area contributed by atoms with E-state index in [0.717, 1.165) is 23.4 Å². The van der Waals surface area contributed by atoms with Gasteiger partial charge >= 0.3 is 0 Å². The van der Waals surface area contributed by atoms with Crippen molar-refractivity contribution < 1.29 is 17.9 Å². The predicted octanol–water partition coefficient (Wildman–Crippen LogP) is 2.86. The van der Waals surface area contributed by atoms with Crippen LogP contribution in [0.1, 0.15) is 52.8 Å². The summed E-state index contributed by atoms with van der Waals surface area (Å²) in [7, 11) is -3.75. The Morgan fingerprint density at radius 3 is 2.84 bits per heavy atom. The molecular weight excluding hydrogens is 360 g/mol. The number of carbonyl (C=O) groups is 1. The van der Waals surface area contributed by atoms with E-state index in [4.69, 9.17) is 4.74 Å². The maximum absolute atomic E-state index is 12.3. The number of thiazole rings is 1. The van der Waals surface area contributed by atoms with Crippen LogP contribution in [-0.4, -0.2) is 31.7 Å². The van der Waals surface area contributed by atoms with E-state index in [0.29, 0.717) is 6.61 Å². The second kappa shape index (κ2) is 7.63. The van der Waals surface area contributed by atoms with Crippen LogP contribution in [0.4, 0.5) is 0 Å². The summed E-state index contributed by atoms with van der Waals surface area (Å²) in [6.07, 6.45) is 1.76. The van der Waals surface area contributed by atoms with E-state index in [1.807, 2.05) is 37.3 Å². The Morgan fingerprint density at radius 2 is 2.16 bits per heavy atom. The molecule has 6 nitrogen and oxygen atoms in total. The molecule has 3 rings (SSSR count). The topological polar surface area (TPSA) is 85.4 Å². The van der Waals surface area contributed by atoms with Crippen molar-refractivity contribution in [2.24, 2.45) is 0 Å². The van der Waals surface area contributed by atoms with E-state index in [2.05, 4.69) is 9.71 Å². The van der Waals surface area contributed by atoms with Gasteiger partial charge in [0.1, 0.15) is 16.8 Å². The molecule has 0 spiro atoms. The summed E-state index contributed by atoms with van der Waals surface area (Å²) in [6.45, 7) is 2.51. The minimum Gasteiger partial charge on any atom is -0.371 e. The van der Waals surface area contributed by atoms with Crippen molar-refractivity contribution in [3.8, 4) is 0 Å². The Kier molecular flexibility index (Phi) is 5.51. The molecule has 2 atom stereocenters. The van der Waals surface area contributed by atoms with Crippen molar-refractivity contribution in [1.82, 2.24) is 9.71 Å². The first kappa shape index (κ1) is 18.0. The highest BCUT2D eigenvalue weighted by atomic mass is 32.2. The number of aromatic nitrogens is 1. The lowest BCUT2D eigenvalue weighted by atomic mass is 10.0. The second-order valence-electron chi connectivity index (χ2n) is 6.10. The highest BCUT2D eigenvalue weighted by Gasteiger charge is 2.25. The summed E-state index contributed by atoms with van der Waals surface area (Å²) in [4.78, 5) is 16.5. The van der Waals surface area contributed by atoms with Gasteiger partial charge in [-0.1, -0.05) is 37.3 Å². The van der Waals surface area contributed by atoms with E-state index in [1.165, 1.54) is 11.3 Å². The SMILES string of the molecule is CC(CS(=O)(=O)NC(=O)c1csc(C2CCCO2)n1)c1ccccc1. The molecule has 1 fully saturated rings. The lowest BCUT2D eigenvalue weighted by Gasteiger charge is -2.12. The average molecular weight is 380 g/mol. The summed E-state index contributed by atoms with van der Waals surface area (Å²) in [5, 5.41) is 2.29. The van der Waals surface area contributed by atoms with Crippen molar-refractivity contribution in [3.05, 3.63) is 52.0 Å². The minimum absolute atomic E-state index is 0.0822. The Hall–Kier alpha value is -1.77. The molecule has 1 aliphatic rings. The monoisotopic (exact) mass is 380 g/mol. The molecule has 1 aromatic carbocycles. The first-order valence-electron chi connectivity index (χ1n) is 8.11. The van der Waals surface area contributed by atoms with E-state index in [-0.39, 0.29) is 23.5 Å². The number of hydrogen-bond donors (Lipinski definition) is 1. The van der Waals surface area contributed by atoms with E-state index < -0.39 is 15.9 Å². The second-order valence-corrected chi connectivity index (χ2v) is 8.75. The van der Waals surface area contributed by atoms with Crippen molar-refractivity contribution in [2.75, 3.05) is 12.4 Å². The van der Waals surface area contributed by atoms with Gasteiger partial charge in [-0.25, -0.2) is 18.1 Å². The standard InChI is InChI=1S/C17H20N2O4S2/c1-12(13-6-3-2-4-7-13)11-25(21,22)19-16(20)14-10-24-17(18-14)15-8-5-9-23-15/h2-4,6-7,10,12,15H,5,8-9,11H2,1H3,(H,19,20). The fourth-order valence-electron chi connectivity index (χ4n) is 2.75. The summed E-state index contributed by atoms with van der Waals surface area (Å²) in [5.41, 5.74) is 1.03. The molecule has 1 N–H and O–H groups in total. The van der Waals surface area contributed by atoms with Crippen LogP contribution >= 0.6 is 11.3 Å². The fourth-order valence-corrected chi connectivity index (χ4v) is 4.96. The third-order valence-electron chi connectivity index (χ3n) is 4.05. The van der Waals surface area contributed by atoms with Crippen molar-refractivity contribution in [2.45, 2.75) is 31.8 Å². The van der Waals surface area contributed by atoms with E-state index >= 15 is 0 Å². The Morgan fingerprint density at radius 1 is 1.40 bits per heavy atom. The highest BCUT2D eigenvalue weighted by Crippen LogP contribution is 2.30. The third kappa shape index (κ3) is 4.65. The van der Waals surface area contributed by atoms with Crippen molar-refractivity contribution in [3.63, 3.8) is 0 Å². The number of ether oxygens (including phenoxy) is 1. The smallest absolute Gasteiger partial charge is 0.284 e. The highest BCUT2D eigenvalue weighted by molar-refractivity contribution is 7.90. The van der Waals surface area contributed by atoms with Gasteiger partial charge in [0.15, 0.2) is 0 Å². The summed E-state index contributed by atoms with van der Waals surface area (Å²) >= 11 is 1.32. The van der Waals surface area contributed by atoms with E-state index in [9.17, 15) is 13.2 Å². The first-order chi connectivity index (χ1) is 11.9. The van der Waals surface area contributed by atoms with Gasteiger partial charge < -0.3 is 4.74 Å². The molecule has 134 valence electrons. The van der Waals surface area contributed by atoms with Crippen molar-refractivity contribution in [1.29, 1.82) is 0 Å². The molecule has 2 aromatic rings. The van der Waals surface area contributed by atoms with E-state index in [1.54, 1.807) is 5.38 Å².